The van der Waals surface area contributed by atoms with Crippen LogP contribution in [0.4, 0.5) is 0 Å². The van der Waals surface area contributed by atoms with Gasteiger partial charge in [0.2, 0.25) is 0 Å². The summed E-state index contributed by atoms with van der Waals surface area (Å²) >= 11 is 0. The quantitative estimate of drug-likeness (QED) is 0.613. The SMILES string of the molecule is CCC[Si](C)(C)CCCN. The van der Waals surface area contributed by atoms with Gasteiger partial charge in [0.25, 0.3) is 0 Å². The zero-order valence-electron chi connectivity index (χ0n) is 7.61. The zero-order chi connectivity index (χ0) is 8.04. The number of nitrogens with two attached hydrogens (primary N) is 1. The first-order valence-electron chi connectivity index (χ1n) is 4.32. The van der Waals surface area contributed by atoms with Crippen molar-refractivity contribution in [3.05, 3.63) is 0 Å². The second-order valence-corrected chi connectivity index (χ2v) is 9.13. The van der Waals surface area contributed by atoms with Gasteiger partial charge >= 0.3 is 0 Å². The fraction of sp³-hybridized carbons (Fsp3) is 1.00. The smallest absolute Gasteiger partial charge is 0.0474 e. The van der Waals surface area contributed by atoms with Gasteiger partial charge in [-0.15, -0.1) is 0 Å². The van der Waals surface area contributed by atoms with Crippen molar-refractivity contribution in [3.8, 4) is 0 Å². The van der Waals surface area contributed by atoms with E-state index in [0.717, 1.165) is 6.54 Å². The Morgan fingerprint density at radius 2 is 1.80 bits per heavy atom. The van der Waals surface area contributed by atoms with Gasteiger partial charge in [0.05, 0.1) is 0 Å². The van der Waals surface area contributed by atoms with Crippen LogP contribution in [0.25, 0.3) is 0 Å². The maximum atomic E-state index is 5.45. The molecule has 0 amide bonds. The summed E-state index contributed by atoms with van der Waals surface area (Å²) in [6.07, 6.45) is 2.59. The fourth-order valence-corrected chi connectivity index (χ4v) is 4.15. The molecule has 0 aliphatic heterocycles. The molecule has 0 aromatic rings. The van der Waals surface area contributed by atoms with E-state index >= 15 is 0 Å². The number of rotatable bonds is 5. The van der Waals surface area contributed by atoms with Crippen molar-refractivity contribution < 1.29 is 0 Å². The van der Waals surface area contributed by atoms with Gasteiger partial charge in [-0.1, -0.05) is 38.5 Å². The van der Waals surface area contributed by atoms with Crippen molar-refractivity contribution in [2.75, 3.05) is 6.54 Å². The van der Waals surface area contributed by atoms with Gasteiger partial charge in [-0.25, -0.2) is 0 Å². The van der Waals surface area contributed by atoms with Crippen molar-refractivity contribution in [1.29, 1.82) is 0 Å². The van der Waals surface area contributed by atoms with Gasteiger partial charge in [0.15, 0.2) is 0 Å². The van der Waals surface area contributed by atoms with Crippen LogP contribution in [0.2, 0.25) is 25.2 Å². The molecule has 0 aliphatic carbocycles. The summed E-state index contributed by atoms with van der Waals surface area (Å²) < 4.78 is 0. The molecule has 0 atom stereocenters. The van der Waals surface area contributed by atoms with Gasteiger partial charge in [-0.3, -0.25) is 0 Å². The van der Waals surface area contributed by atoms with Crippen LogP contribution >= 0.6 is 0 Å². The average Bonchev–Trinajstić information content (AvgIpc) is 1.84. The highest BCUT2D eigenvalue weighted by atomic mass is 28.3. The maximum absolute atomic E-state index is 5.45. The molecule has 0 aromatic heterocycles. The van der Waals surface area contributed by atoms with Gasteiger partial charge in [-0.2, -0.15) is 0 Å². The van der Waals surface area contributed by atoms with Crippen LogP contribution < -0.4 is 5.73 Å². The predicted octanol–water partition coefficient (Wildman–Crippen LogP) is 2.45. The van der Waals surface area contributed by atoms with Crippen molar-refractivity contribution >= 4 is 8.07 Å². The monoisotopic (exact) mass is 159 g/mol. The minimum absolute atomic E-state index is 0.804. The van der Waals surface area contributed by atoms with E-state index in [0.29, 0.717) is 0 Å². The van der Waals surface area contributed by atoms with E-state index in [1.807, 2.05) is 0 Å². The molecule has 0 bridgehead atoms. The molecule has 0 aromatic carbocycles. The zero-order valence-corrected chi connectivity index (χ0v) is 8.61. The van der Waals surface area contributed by atoms with Crippen LogP contribution in [0.1, 0.15) is 19.8 Å². The molecular weight excluding hydrogens is 138 g/mol. The Morgan fingerprint density at radius 3 is 2.20 bits per heavy atom. The Balaban J connectivity index is 3.42. The Labute approximate surface area is 66.0 Å². The minimum Gasteiger partial charge on any atom is -0.330 e. The Morgan fingerprint density at radius 1 is 1.20 bits per heavy atom. The largest absolute Gasteiger partial charge is 0.330 e. The molecule has 0 spiro atoms. The summed E-state index contributed by atoms with van der Waals surface area (Å²) in [6, 6.07) is 2.88. The molecule has 0 radical (unpaired) electrons. The molecule has 0 saturated heterocycles. The second kappa shape index (κ2) is 4.91. The minimum atomic E-state index is -0.804. The lowest BCUT2D eigenvalue weighted by Gasteiger charge is -2.20. The van der Waals surface area contributed by atoms with Crippen LogP contribution in [0.3, 0.4) is 0 Å². The topological polar surface area (TPSA) is 26.0 Å². The van der Waals surface area contributed by atoms with E-state index in [9.17, 15) is 0 Å². The number of hydrogen-bond acceptors (Lipinski definition) is 1. The molecule has 0 heterocycles. The van der Waals surface area contributed by atoms with Gasteiger partial charge in [0, 0.05) is 8.07 Å². The van der Waals surface area contributed by atoms with E-state index < -0.39 is 8.07 Å². The molecule has 62 valence electrons. The van der Waals surface area contributed by atoms with E-state index in [1.54, 1.807) is 0 Å². The Bertz CT molecular complexity index is 81.3. The van der Waals surface area contributed by atoms with Crippen molar-refractivity contribution in [2.45, 2.75) is 44.9 Å². The molecule has 0 saturated carbocycles. The summed E-state index contributed by atoms with van der Waals surface area (Å²) in [5.41, 5.74) is 5.45. The van der Waals surface area contributed by atoms with Crippen LogP contribution in [0.5, 0.6) is 0 Å². The van der Waals surface area contributed by atoms with Crippen LogP contribution in [-0.4, -0.2) is 14.6 Å². The first kappa shape index (κ1) is 10.2. The lowest BCUT2D eigenvalue weighted by molar-refractivity contribution is 0.897. The van der Waals surface area contributed by atoms with Gasteiger partial charge in [0.1, 0.15) is 0 Å². The second-order valence-electron chi connectivity index (χ2n) is 3.81. The molecule has 10 heavy (non-hydrogen) atoms. The Hall–Kier alpha value is 0.177. The third-order valence-corrected chi connectivity index (χ3v) is 5.55. The van der Waals surface area contributed by atoms with Crippen molar-refractivity contribution in [1.82, 2.24) is 0 Å². The molecule has 1 nitrogen and oxygen atoms in total. The summed E-state index contributed by atoms with van der Waals surface area (Å²) in [5.74, 6) is 0. The fourth-order valence-electron chi connectivity index (χ4n) is 1.38. The normalized spacial score (nSPS) is 12.0. The molecule has 2 heteroatoms. The van der Waals surface area contributed by atoms with E-state index in [-0.39, 0.29) is 0 Å². The summed E-state index contributed by atoms with van der Waals surface area (Å²) in [5, 5.41) is 0. The van der Waals surface area contributed by atoms with E-state index in [2.05, 4.69) is 20.0 Å². The van der Waals surface area contributed by atoms with Crippen LogP contribution in [-0.2, 0) is 0 Å². The van der Waals surface area contributed by atoms with E-state index in [4.69, 9.17) is 5.73 Å². The highest BCUT2D eigenvalue weighted by molar-refractivity contribution is 6.77. The molecule has 0 aliphatic rings. The maximum Gasteiger partial charge on any atom is 0.0474 e. The summed E-state index contributed by atoms with van der Waals surface area (Å²) in [6.45, 7) is 8.08. The lowest BCUT2D eigenvalue weighted by Crippen LogP contribution is -2.25. The standard InChI is InChI=1S/C8H21NSi/c1-4-7-10(2,3)8-5-6-9/h4-9H2,1-3H3. The predicted molar refractivity (Wildman–Crippen MR) is 51.1 cm³/mol. The molecule has 2 N–H and O–H groups in total. The first-order chi connectivity index (χ1) is 4.62. The van der Waals surface area contributed by atoms with Crippen LogP contribution in [0.15, 0.2) is 0 Å². The highest BCUT2D eigenvalue weighted by Crippen LogP contribution is 2.18. The summed E-state index contributed by atoms with van der Waals surface area (Å²) in [7, 11) is -0.804. The number of hydrogen-bond donors (Lipinski definition) is 1. The highest BCUT2D eigenvalue weighted by Gasteiger charge is 2.17. The third-order valence-electron chi connectivity index (χ3n) is 1.98. The van der Waals surface area contributed by atoms with Gasteiger partial charge in [-0.05, 0) is 13.0 Å². The first-order valence-corrected chi connectivity index (χ1v) is 7.74. The molecular formula is C8H21NSi. The van der Waals surface area contributed by atoms with Crippen molar-refractivity contribution in [2.24, 2.45) is 5.73 Å². The molecule has 0 rings (SSSR count). The lowest BCUT2D eigenvalue weighted by atomic mass is 10.5. The van der Waals surface area contributed by atoms with E-state index in [1.165, 1.54) is 24.9 Å². The third kappa shape index (κ3) is 5.00. The van der Waals surface area contributed by atoms with Crippen molar-refractivity contribution in [3.63, 3.8) is 0 Å². The summed E-state index contributed by atoms with van der Waals surface area (Å²) in [4.78, 5) is 0. The Kier molecular flexibility index (Phi) is 5.00. The molecule has 0 unspecified atom stereocenters. The van der Waals surface area contributed by atoms with Crippen LogP contribution in [0, 0.1) is 0 Å². The molecule has 0 fully saturated rings. The van der Waals surface area contributed by atoms with Gasteiger partial charge < -0.3 is 5.73 Å². The average molecular weight is 159 g/mol.